The Hall–Kier alpha value is -1.59. The zero-order valence-electron chi connectivity index (χ0n) is 46.2. The topological polar surface area (TPSA) is 78.9 Å². The van der Waals surface area contributed by atoms with E-state index in [1.165, 1.54) is 218 Å². The van der Waals surface area contributed by atoms with E-state index in [1.807, 2.05) is 0 Å². The van der Waals surface area contributed by atoms with Crippen molar-refractivity contribution in [2.24, 2.45) is 17.8 Å². The van der Waals surface area contributed by atoms with Gasteiger partial charge in [0.15, 0.2) is 6.10 Å². The maximum Gasteiger partial charge on any atom is 0.306 e. The van der Waals surface area contributed by atoms with Gasteiger partial charge in [-0.1, -0.05) is 298 Å². The number of rotatable bonds is 54. The van der Waals surface area contributed by atoms with E-state index in [1.54, 1.807) is 0 Å². The van der Waals surface area contributed by atoms with E-state index in [0.717, 1.165) is 75.5 Å². The van der Waals surface area contributed by atoms with Crippen molar-refractivity contribution in [3.63, 3.8) is 0 Å². The van der Waals surface area contributed by atoms with Crippen molar-refractivity contribution >= 4 is 17.9 Å². The van der Waals surface area contributed by atoms with Gasteiger partial charge in [-0.2, -0.15) is 0 Å². The van der Waals surface area contributed by atoms with Gasteiger partial charge >= 0.3 is 17.9 Å². The van der Waals surface area contributed by atoms with E-state index in [4.69, 9.17) is 14.2 Å². The van der Waals surface area contributed by atoms with Gasteiger partial charge in [0.05, 0.1) is 0 Å². The smallest absolute Gasteiger partial charge is 0.306 e. The summed E-state index contributed by atoms with van der Waals surface area (Å²) in [7, 11) is 0. The molecule has 0 saturated heterocycles. The van der Waals surface area contributed by atoms with Gasteiger partial charge in [0, 0.05) is 19.3 Å². The molecule has 398 valence electrons. The van der Waals surface area contributed by atoms with E-state index in [2.05, 4.69) is 41.5 Å². The van der Waals surface area contributed by atoms with Crippen LogP contribution in [0.4, 0.5) is 0 Å². The van der Waals surface area contributed by atoms with Crippen molar-refractivity contribution in [3.05, 3.63) is 0 Å². The molecule has 0 aliphatic rings. The van der Waals surface area contributed by atoms with E-state index >= 15 is 0 Å². The van der Waals surface area contributed by atoms with Crippen LogP contribution in [0.2, 0.25) is 0 Å². The Morgan fingerprint density at radius 3 is 0.642 bits per heavy atom. The van der Waals surface area contributed by atoms with Gasteiger partial charge < -0.3 is 14.2 Å². The highest BCUT2D eigenvalue weighted by atomic mass is 16.6. The Kier molecular flexibility index (Phi) is 51.0. The molecule has 0 aliphatic heterocycles. The summed E-state index contributed by atoms with van der Waals surface area (Å²) in [4.78, 5) is 38.1. The van der Waals surface area contributed by atoms with Gasteiger partial charge in [-0.3, -0.25) is 14.4 Å². The first-order valence-electron chi connectivity index (χ1n) is 30.1. The summed E-state index contributed by atoms with van der Waals surface area (Å²) in [6.45, 7) is 13.7. The van der Waals surface area contributed by atoms with E-state index in [-0.39, 0.29) is 31.1 Å². The number of ether oxygens (including phenoxy) is 3. The van der Waals surface area contributed by atoms with E-state index in [9.17, 15) is 14.4 Å². The van der Waals surface area contributed by atoms with Gasteiger partial charge in [-0.05, 0) is 37.0 Å². The average Bonchev–Trinajstić information content (AvgIpc) is 3.29. The molecule has 0 aromatic carbocycles. The van der Waals surface area contributed by atoms with E-state index < -0.39 is 6.10 Å². The Morgan fingerprint density at radius 2 is 0.433 bits per heavy atom. The lowest BCUT2D eigenvalue weighted by molar-refractivity contribution is -0.167. The minimum atomic E-state index is -0.764. The second kappa shape index (κ2) is 52.2. The number of esters is 3. The fraction of sp³-hybridized carbons (Fsp3) is 0.951. The van der Waals surface area contributed by atoms with Crippen LogP contribution in [0.25, 0.3) is 0 Å². The predicted molar refractivity (Wildman–Crippen MR) is 289 cm³/mol. The van der Waals surface area contributed by atoms with Crippen LogP contribution in [0.1, 0.15) is 337 Å². The molecule has 0 fully saturated rings. The molecule has 0 heterocycles. The molecule has 6 nitrogen and oxygen atoms in total. The van der Waals surface area contributed by atoms with Crippen molar-refractivity contribution < 1.29 is 28.6 Å². The number of unbranched alkanes of at least 4 members (excludes halogenated alkanes) is 37. The summed E-state index contributed by atoms with van der Waals surface area (Å²) >= 11 is 0. The molecule has 0 aromatic rings. The Balaban J connectivity index is 4.15. The highest BCUT2D eigenvalue weighted by Gasteiger charge is 2.19. The zero-order chi connectivity index (χ0) is 49.1. The molecule has 0 amide bonds. The molecule has 6 heteroatoms. The third kappa shape index (κ3) is 55.2. The molecule has 0 spiro atoms. The molecule has 0 saturated carbocycles. The molecule has 0 N–H and O–H groups in total. The molecule has 0 radical (unpaired) electrons. The number of hydrogen-bond donors (Lipinski definition) is 0. The molecule has 67 heavy (non-hydrogen) atoms. The molecule has 0 rings (SSSR count). The highest BCUT2D eigenvalue weighted by Crippen LogP contribution is 2.19. The van der Waals surface area contributed by atoms with Gasteiger partial charge in [-0.15, -0.1) is 0 Å². The fourth-order valence-electron chi connectivity index (χ4n) is 9.35. The molecule has 0 aromatic heterocycles. The maximum atomic E-state index is 12.8. The first-order valence-corrected chi connectivity index (χ1v) is 30.1. The van der Waals surface area contributed by atoms with Crippen molar-refractivity contribution in [3.8, 4) is 0 Å². The SMILES string of the molecule is CC(C)CCCCCCCCCCCCCCCCCCCCC(=O)OC[C@H](COC(=O)CCCCCCCCCCCCCCCCCCC(C)C)OC(=O)CCCCCCCCC(C)C. The van der Waals surface area contributed by atoms with Crippen molar-refractivity contribution in [2.45, 2.75) is 343 Å². The molecular formula is C61H118O6. The van der Waals surface area contributed by atoms with Crippen LogP contribution in [-0.4, -0.2) is 37.2 Å². The van der Waals surface area contributed by atoms with E-state index in [0.29, 0.717) is 19.3 Å². The molecule has 0 unspecified atom stereocenters. The number of carbonyl (C=O) groups excluding carboxylic acids is 3. The zero-order valence-corrected chi connectivity index (χ0v) is 46.2. The lowest BCUT2D eigenvalue weighted by atomic mass is 10.0. The van der Waals surface area contributed by atoms with Gasteiger partial charge in [0.25, 0.3) is 0 Å². The lowest BCUT2D eigenvalue weighted by Crippen LogP contribution is -2.30. The van der Waals surface area contributed by atoms with Crippen molar-refractivity contribution in [1.29, 1.82) is 0 Å². The third-order valence-electron chi connectivity index (χ3n) is 13.9. The first-order chi connectivity index (χ1) is 32.6. The van der Waals surface area contributed by atoms with Crippen LogP contribution >= 0.6 is 0 Å². The van der Waals surface area contributed by atoms with Crippen LogP contribution in [0.15, 0.2) is 0 Å². The van der Waals surface area contributed by atoms with Crippen molar-refractivity contribution in [1.82, 2.24) is 0 Å². The van der Waals surface area contributed by atoms with Crippen LogP contribution < -0.4 is 0 Å². The van der Waals surface area contributed by atoms with Crippen LogP contribution in [0.3, 0.4) is 0 Å². The normalized spacial score (nSPS) is 12.1. The third-order valence-corrected chi connectivity index (χ3v) is 13.9. The first kappa shape index (κ1) is 65.4. The number of carbonyl (C=O) groups is 3. The molecule has 0 bridgehead atoms. The van der Waals surface area contributed by atoms with Crippen LogP contribution in [0.5, 0.6) is 0 Å². The lowest BCUT2D eigenvalue weighted by Gasteiger charge is -2.18. The Labute approximate surface area is 418 Å². The highest BCUT2D eigenvalue weighted by molar-refractivity contribution is 5.71. The Bertz CT molecular complexity index is 1040. The minimum absolute atomic E-state index is 0.0644. The number of hydrogen-bond acceptors (Lipinski definition) is 6. The summed E-state index contributed by atoms with van der Waals surface area (Å²) < 4.78 is 16.9. The second-order valence-electron chi connectivity index (χ2n) is 22.4. The van der Waals surface area contributed by atoms with Crippen LogP contribution in [0, 0.1) is 17.8 Å². The van der Waals surface area contributed by atoms with Gasteiger partial charge in [0.2, 0.25) is 0 Å². The molecular weight excluding hydrogens is 829 g/mol. The summed E-state index contributed by atoms with van der Waals surface area (Å²) in [5.74, 6) is 1.62. The average molecular weight is 948 g/mol. The standard InChI is InChI=1S/C61H118O6/c1-55(2)47-41-35-29-25-21-17-13-9-7-8-10-15-19-23-27-31-38-44-50-59(62)65-53-58(67-61(64)52-46-40-34-33-37-43-49-57(5)6)54-66-60(63)51-45-39-32-28-24-20-16-12-11-14-18-22-26-30-36-42-48-56(3)4/h55-58H,7-54H2,1-6H3/t58-/m1/s1. The second-order valence-corrected chi connectivity index (χ2v) is 22.4. The monoisotopic (exact) mass is 947 g/mol. The van der Waals surface area contributed by atoms with Gasteiger partial charge in [0.1, 0.15) is 13.2 Å². The summed E-state index contributed by atoms with van der Waals surface area (Å²) in [6.07, 6.45) is 55.5. The largest absolute Gasteiger partial charge is 0.462 e. The maximum absolute atomic E-state index is 12.8. The quantitative estimate of drug-likeness (QED) is 0.0343. The molecule has 1 atom stereocenters. The molecule has 0 aliphatic carbocycles. The van der Waals surface area contributed by atoms with Crippen molar-refractivity contribution in [2.75, 3.05) is 13.2 Å². The minimum Gasteiger partial charge on any atom is -0.462 e. The van der Waals surface area contributed by atoms with Crippen LogP contribution in [-0.2, 0) is 28.6 Å². The summed E-state index contributed by atoms with van der Waals surface area (Å²) in [5.41, 5.74) is 0. The fourth-order valence-corrected chi connectivity index (χ4v) is 9.35. The predicted octanol–water partition coefficient (Wildman–Crippen LogP) is 19.9. The van der Waals surface area contributed by atoms with Gasteiger partial charge in [-0.25, -0.2) is 0 Å². The summed E-state index contributed by atoms with van der Waals surface area (Å²) in [6, 6.07) is 0. The Morgan fingerprint density at radius 1 is 0.254 bits per heavy atom. The summed E-state index contributed by atoms with van der Waals surface area (Å²) in [5, 5.41) is 0.